The second-order valence-electron chi connectivity index (χ2n) is 7.17. The molecule has 0 saturated heterocycles. The van der Waals surface area contributed by atoms with Gasteiger partial charge in [-0.2, -0.15) is 0 Å². The molecule has 0 heterocycles. The Hall–Kier alpha value is 0.200. The Kier molecular flexibility index (Phi) is 3.08. The van der Waals surface area contributed by atoms with Crippen LogP contribution in [0.4, 0.5) is 0 Å². The van der Waals surface area contributed by atoms with E-state index in [0.717, 1.165) is 5.92 Å². The summed E-state index contributed by atoms with van der Waals surface area (Å²) in [5.41, 5.74) is 0.357. The van der Waals surface area contributed by atoms with Crippen LogP contribution < -0.4 is 0 Å². The Balaban J connectivity index is 2.19. The summed E-state index contributed by atoms with van der Waals surface area (Å²) in [4.78, 5) is 12.1. The molecule has 98 valence electrons. The van der Waals surface area contributed by atoms with Crippen molar-refractivity contribution < 1.29 is 9.53 Å². The van der Waals surface area contributed by atoms with Gasteiger partial charge in [0.05, 0.1) is 0 Å². The summed E-state index contributed by atoms with van der Waals surface area (Å²) in [7, 11) is 0. The van der Waals surface area contributed by atoms with Gasteiger partial charge in [-0.05, 0) is 39.0 Å². The van der Waals surface area contributed by atoms with Crippen LogP contribution in [0.1, 0.15) is 53.9 Å². The molecule has 17 heavy (non-hydrogen) atoms. The Bertz CT molecular complexity index is 338. The number of ether oxygens (including phenoxy) is 1. The van der Waals surface area contributed by atoms with Crippen LogP contribution >= 0.6 is 22.6 Å². The molecule has 2 nitrogen and oxygen atoms in total. The highest BCUT2D eigenvalue weighted by Gasteiger charge is 2.61. The smallest absolute Gasteiger partial charge is 0.321 e. The highest BCUT2D eigenvalue weighted by atomic mass is 127. The Morgan fingerprint density at radius 3 is 2.35 bits per heavy atom. The van der Waals surface area contributed by atoms with Crippen molar-refractivity contribution in [2.24, 2.45) is 16.7 Å². The van der Waals surface area contributed by atoms with E-state index in [1.165, 1.54) is 19.3 Å². The van der Waals surface area contributed by atoms with Gasteiger partial charge in [0.15, 0.2) is 0 Å². The van der Waals surface area contributed by atoms with Gasteiger partial charge in [-0.25, -0.2) is 0 Å². The van der Waals surface area contributed by atoms with E-state index >= 15 is 0 Å². The molecule has 2 saturated carbocycles. The summed E-state index contributed by atoms with van der Waals surface area (Å²) in [6.07, 6.45) is 3.82. The molecular formula is C14H23IO2. The minimum absolute atomic E-state index is 0.0649. The molecule has 2 aliphatic rings. The fraction of sp³-hybridized carbons (Fsp3) is 0.929. The topological polar surface area (TPSA) is 26.3 Å². The van der Waals surface area contributed by atoms with Gasteiger partial charge in [0.2, 0.25) is 0 Å². The van der Waals surface area contributed by atoms with Gasteiger partial charge in [0.1, 0.15) is 9.53 Å². The summed E-state index contributed by atoms with van der Waals surface area (Å²) >= 11 is 2.16. The quantitative estimate of drug-likeness (QED) is 0.428. The summed E-state index contributed by atoms with van der Waals surface area (Å²) in [6, 6.07) is 0. The van der Waals surface area contributed by atoms with Crippen LogP contribution in [0, 0.1) is 16.7 Å². The molecule has 0 aliphatic heterocycles. The molecule has 2 rings (SSSR count). The highest BCUT2D eigenvalue weighted by Crippen LogP contribution is 2.63. The summed E-state index contributed by atoms with van der Waals surface area (Å²) in [6.45, 7) is 10.6. The highest BCUT2D eigenvalue weighted by molar-refractivity contribution is 14.1. The average molecular weight is 350 g/mol. The fourth-order valence-corrected chi connectivity index (χ4v) is 3.92. The number of esters is 1. The van der Waals surface area contributed by atoms with E-state index in [9.17, 15) is 4.79 Å². The minimum atomic E-state index is -0.425. The van der Waals surface area contributed by atoms with Gasteiger partial charge in [0, 0.05) is 10.8 Å². The van der Waals surface area contributed by atoms with E-state index < -0.39 is 3.42 Å². The maximum absolute atomic E-state index is 12.1. The van der Waals surface area contributed by atoms with E-state index in [1.807, 2.05) is 13.8 Å². The molecule has 2 fully saturated rings. The van der Waals surface area contributed by atoms with E-state index in [4.69, 9.17) is 4.74 Å². The second-order valence-corrected chi connectivity index (χ2v) is 9.87. The molecule has 0 N–H and O–H groups in total. The van der Waals surface area contributed by atoms with Crippen LogP contribution in [0.3, 0.4) is 0 Å². The normalized spacial score (nSPS) is 39.4. The molecule has 0 radical (unpaired) electrons. The van der Waals surface area contributed by atoms with Crippen LogP contribution in [0.15, 0.2) is 0 Å². The van der Waals surface area contributed by atoms with Gasteiger partial charge in [-0.3, -0.25) is 4.79 Å². The third-order valence-corrected chi connectivity index (χ3v) is 5.29. The third-order valence-electron chi connectivity index (χ3n) is 4.85. The van der Waals surface area contributed by atoms with Crippen molar-refractivity contribution in [3.8, 4) is 0 Å². The zero-order valence-electron chi connectivity index (χ0n) is 11.5. The van der Waals surface area contributed by atoms with Gasteiger partial charge < -0.3 is 4.74 Å². The predicted molar refractivity (Wildman–Crippen MR) is 77.2 cm³/mol. The maximum atomic E-state index is 12.1. The number of carbonyl (C=O) groups is 1. The van der Waals surface area contributed by atoms with Crippen molar-refractivity contribution in [3.63, 3.8) is 0 Å². The molecule has 2 aliphatic carbocycles. The zero-order valence-corrected chi connectivity index (χ0v) is 13.6. The van der Waals surface area contributed by atoms with Crippen molar-refractivity contribution in [1.82, 2.24) is 0 Å². The van der Waals surface area contributed by atoms with Crippen LogP contribution in [-0.2, 0) is 9.53 Å². The average Bonchev–Trinajstić information content (AvgIpc) is 2.62. The fourth-order valence-electron chi connectivity index (χ4n) is 3.80. The first-order chi connectivity index (χ1) is 7.57. The summed E-state index contributed by atoms with van der Waals surface area (Å²) in [5, 5.41) is 0. The van der Waals surface area contributed by atoms with Gasteiger partial charge in [0.25, 0.3) is 0 Å². The molecule has 0 aromatic carbocycles. The van der Waals surface area contributed by atoms with E-state index in [2.05, 4.69) is 43.4 Å². The molecule has 2 bridgehead atoms. The lowest BCUT2D eigenvalue weighted by molar-refractivity contribution is -0.166. The maximum Gasteiger partial charge on any atom is 0.321 e. The first-order valence-electron chi connectivity index (χ1n) is 6.47. The molecule has 0 aromatic heterocycles. The molecule has 0 aromatic rings. The van der Waals surface area contributed by atoms with Crippen LogP contribution in [0.2, 0.25) is 0 Å². The van der Waals surface area contributed by atoms with Gasteiger partial charge >= 0.3 is 5.97 Å². The SMILES string of the molecule is CC(C)(I)C(=O)OC1C2(C)CCC(C2)C1(C)C. The molecule has 0 amide bonds. The van der Waals surface area contributed by atoms with E-state index in [-0.39, 0.29) is 22.9 Å². The van der Waals surface area contributed by atoms with E-state index in [0.29, 0.717) is 0 Å². The minimum Gasteiger partial charge on any atom is -0.460 e. The van der Waals surface area contributed by atoms with Crippen molar-refractivity contribution in [1.29, 1.82) is 0 Å². The summed E-state index contributed by atoms with van der Waals surface area (Å²) < 4.78 is 5.46. The molecule has 3 unspecified atom stereocenters. The molecule has 3 heteroatoms. The van der Waals surface area contributed by atoms with Crippen molar-refractivity contribution in [2.75, 3.05) is 0 Å². The van der Waals surface area contributed by atoms with Gasteiger partial charge in [-0.15, -0.1) is 0 Å². The predicted octanol–water partition coefficient (Wildman–Crippen LogP) is 3.96. The summed E-state index contributed by atoms with van der Waals surface area (Å²) in [5.74, 6) is 0.660. The van der Waals surface area contributed by atoms with Crippen LogP contribution in [0.25, 0.3) is 0 Å². The molecule has 0 spiro atoms. The van der Waals surface area contributed by atoms with Gasteiger partial charge in [-0.1, -0.05) is 43.4 Å². The lowest BCUT2D eigenvalue weighted by Gasteiger charge is -2.42. The lowest BCUT2D eigenvalue weighted by atomic mass is 9.70. The third kappa shape index (κ3) is 2.13. The number of hydrogen-bond acceptors (Lipinski definition) is 2. The van der Waals surface area contributed by atoms with Crippen molar-refractivity contribution in [3.05, 3.63) is 0 Å². The Morgan fingerprint density at radius 2 is 1.94 bits per heavy atom. The Morgan fingerprint density at radius 1 is 1.35 bits per heavy atom. The zero-order chi connectivity index (χ0) is 13.1. The standard InChI is InChI=1S/C14H23IO2/c1-12(2)9-6-7-14(5,8-9)10(12)17-11(16)13(3,4)15/h9-10H,6-8H2,1-5H3. The van der Waals surface area contributed by atoms with Crippen LogP contribution in [-0.4, -0.2) is 15.5 Å². The number of carbonyl (C=O) groups excluding carboxylic acids is 1. The van der Waals surface area contributed by atoms with Crippen molar-refractivity contribution >= 4 is 28.6 Å². The molecule has 3 atom stereocenters. The Labute approximate surface area is 118 Å². The molecular weight excluding hydrogens is 327 g/mol. The largest absolute Gasteiger partial charge is 0.460 e. The monoisotopic (exact) mass is 350 g/mol. The number of hydrogen-bond donors (Lipinski definition) is 0. The number of halogens is 1. The lowest BCUT2D eigenvalue weighted by Crippen LogP contribution is -2.45. The van der Waals surface area contributed by atoms with Crippen LogP contribution in [0.5, 0.6) is 0 Å². The second kappa shape index (κ2) is 3.84. The first-order valence-corrected chi connectivity index (χ1v) is 7.55. The number of rotatable bonds is 2. The number of alkyl halides is 1. The number of fused-ring (bicyclic) bond motifs is 2. The van der Waals surface area contributed by atoms with E-state index in [1.54, 1.807) is 0 Å². The van der Waals surface area contributed by atoms with Crippen molar-refractivity contribution in [2.45, 2.75) is 63.4 Å². The first kappa shape index (κ1) is 13.6.